The second-order valence-corrected chi connectivity index (χ2v) is 3.09. The fourth-order valence-electron chi connectivity index (χ4n) is 1.23. The van der Waals surface area contributed by atoms with Crippen LogP contribution in [-0.2, 0) is 9.53 Å². The van der Waals surface area contributed by atoms with Crippen LogP contribution in [0.3, 0.4) is 0 Å². The first kappa shape index (κ1) is 11.2. The molecule has 0 radical (unpaired) electrons. The van der Waals surface area contributed by atoms with Crippen LogP contribution in [0, 0.1) is 0 Å². The quantitative estimate of drug-likeness (QED) is 0.417. The van der Waals surface area contributed by atoms with E-state index < -0.39 is 5.97 Å². The zero-order valence-corrected chi connectivity index (χ0v) is 8.56. The van der Waals surface area contributed by atoms with E-state index in [0.717, 1.165) is 11.6 Å². The van der Waals surface area contributed by atoms with Gasteiger partial charge in [0.1, 0.15) is 6.61 Å². The fraction of sp³-hybridized carbons (Fsp3) is 0.154. The van der Waals surface area contributed by atoms with Gasteiger partial charge in [-0.2, -0.15) is 0 Å². The Hall–Kier alpha value is -1.83. The van der Waals surface area contributed by atoms with E-state index in [2.05, 4.69) is 13.2 Å². The van der Waals surface area contributed by atoms with Crippen molar-refractivity contribution >= 4 is 5.97 Å². The monoisotopic (exact) mass is 202 g/mol. The molecule has 0 saturated carbocycles. The molecular weight excluding hydrogens is 188 g/mol. The lowest BCUT2D eigenvalue weighted by atomic mass is 10.0. The summed E-state index contributed by atoms with van der Waals surface area (Å²) in [7, 11) is 0. The molecule has 0 saturated heterocycles. The third kappa shape index (κ3) is 3.43. The lowest BCUT2D eigenvalue weighted by molar-refractivity contribution is -0.137. The molecule has 0 spiro atoms. The molecule has 0 aliphatic carbocycles. The third-order valence-corrected chi connectivity index (χ3v) is 2.08. The van der Waals surface area contributed by atoms with E-state index in [1.54, 1.807) is 6.08 Å². The Morgan fingerprint density at radius 2 is 2.00 bits per heavy atom. The number of hydrogen-bond donors (Lipinski definition) is 0. The van der Waals surface area contributed by atoms with E-state index >= 15 is 0 Å². The van der Waals surface area contributed by atoms with Gasteiger partial charge in [-0.15, -0.1) is 6.58 Å². The molecule has 2 heteroatoms. The SMILES string of the molecule is C=CC(=O)OCC(C=C)c1ccccc1. The number of carbonyl (C=O) groups excluding carboxylic acids is 1. The van der Waals surface area contributed by atoms with Gasteiger partial charge in [-0.25, -0.2) is 4.79 Å². The average molecular weight is 202 g/mol. The van der Waals surface area contributed by atoms with Gasteiger partial charge in [0.2, 0.25) is 0 Å². The van der Waals surface area contributed by atoms with Crippen LogP contribution in [0.4, 0.5) is 0 Å². The number of ether oxygens (including phenoxy) is 1. The highest BCUT2D eigenvalue weighted by Gasteiger charge is 2.08. The minimum absolute atomic E-state index is 0.0371. The highest BCUT2D eigenvalue weighted by atomic mass is 16.5. The first-order valence-electron chi connectivity index (χ1n) is 4.74. The minimum Gasteiger partial charge on any atom is -0.462 e. The average Bonchev–Trinajstić information content (AvgIpc) is 2.31. The molecule has 1 aromatic rings. The molecule has 1 rings (SSSR count). The molecule has 0 heterocycles. The van der Waals surface area contributed by atoms with Crippen molar-refractivity contribution in [2.75, 3.05) is 6.61 Å². The van der Waals surface area contributed by atoms with E-state index in [1.165, 1.54) is 0 Å². The second kappa shape index (κ2) is 5.81. The van der Waals surface area contributed by atoms with Gasteiger partial charge in [-0.05, 0) is 5.56 Å². The van der Waals surface area contributed by atoms with Crippen LogP contribution < -0.4 is 0 Å². The number of rotatable bonds is 5. The van der Waals surface area contributed by atoms with Crippen LogP contribution >= 0.6 is 0 Å². The molecule has 15 heavy (non-hydrogen) atoms. The molecule has 0 bridgehead atoms. The van der Waals surface area contributed by atoms with Gasteiger partial charge in [0.25, 0.3) is 0 Å². The first-order chi connectivity index (χ1) is 7.27. The highest BCUT2D eigenvalue weighted by Crippen LogP contribution is 2.16. The number of esters is 1. The molecule has 0 aliphatic rings. The van der Waals surface area contributed by atoms with Crippen molar-refractivity contribution in [3.63, 3.8) is 0 Å². The van der Waals surface area contributed by atoms with E-state index in [1.807, 2.05) is 30.3 Å². The Bertz CT molecular complexity index is 341. The smallest absolute Gasteiger partial charge is 0.330 e. The molecular formula is C13H14O2. The molecule has 0 N–H and O–H groups in total. The highest BCUT2D eigenvalue weighted by molar-refractivity contribution is 5.81. The standard InChI is InChI=1S/C13H14O2/c1-3-11(10-15-13(14)4-2)12-8-6-5-7-9-12/h3-9,11H,1-2,10H2. The molecule has 2 nitrogen and oxygen atoms in total. The van der Waals surface area contributed by atoms with E-state index in [9.17, 15) is 4.79 Å². The van der Waals surface area contributed by atoms with Crippen LogP contribution in [0.25, 0.3) is 0 Å². The van der Waals surface area contributed by atoms with E-state index in [0.29, 0.717) is 6.61 Å². The number of benzene rings is 1. The van der Waals surface area contributed by atoms with Gasteiger partial charge in [-0.3, -0.25) is 0 Å². The summed E-state index contributed by atoms with van der Waals surface area (Å²) in [6, 6.07) is 9.80. The number of hydrogen-bond acceptors (Lipinski definition) is 2. The molecule has 78 valence electrons. The van der Waals surface area contributed by atoms with Crippen molar-refractivity contribution in [3.8, 4) is 0 Å². The summed E-state index contributed by atoms with van der Waals surface area (Å²) >= 11 is 0. The van der Waals surface area contributed by atoms with Crippen molar-refractivity contribution in [2.24, 2.45) is 0 Å². The summed E-state index contributed by atoms with van der Waals surface area (Å²) in [4.78, 5) is 10.9. The summed E-state index contributed by atoms with van der Waals surface area (Å²) in [6.07, 6.45) is 2.93. The predicted molar refractivity (Wildman–Crippen MR) is 60.5 cm³/mol. The fourth-order valence-corrected chi connectivity index (χ4v) is 1.23. The van der Waals surface area contributed by atoms with Gasteiger partial charge in [-0.1, -0.05) is 43.0 Å². The van der Waals surface area contributed by atoms with E-state index in [4.69, 9.17) is 4.74 Å². The van der Waals surface area contributed by atoms with Gasteiger partial charge in [0.15, 0.2) is 0 Å². The van der Waals surface area contributed by atoms with Crippen LogP contribution in [0.15, 0.2) is 55.6 Å². The van der Waals surface area contributed by atoms with Crippen LogP contribution in [0.1, 0.15) is 11.5 Å². The molecule has 0 fully saturated rings. The van der Waals surface area contributed by atoms with Gasteiger partial charge in [0, 0.05) is 12.0 Å². The van der Waals surface area contributed by atoms with Crippen molar-refractivity contribution in [1.82, 2.24) is 0 Å². The van der Waals surface area contributed by atoms with Gasteiger partial charge >= 0.3 is 5.97 Å². The molecule has 0 aliphatic heterocycles. The Kier molecular flexibility index (Phi) is 4.35. The van der Waals surface area contributed by atoms with Gasteiger partial charge in [0.05, 0.1) is 0 Å². The molecule has 1 atom stereocenters. The molecule has 0 amide bonds. The second-order valence-electron chi connectivity index (χ2n) is 3.09. The lowest BCUT2D eigenvalue weighted by Gasteiger charge is -2.12. The molecule has 1 aromatic carbocycles. The summed E-state index contributed by atoms with van der Waals surface area (Å²) < 4.78 is 4.97. The van der Waals surface area contributed by atoms with Crippen molar-refractivity contribution in [2.45, 2.75) is 5.92 Å². The Morgan fingerprint density at radius 3 is 2.53 bits per heavy atom. The maximum Gasteiger partial charge on any atom is 0.330 e. The zero-order valence-electron chi connectivity index (χ0n) is 8.56. The Labute approximate surface area is 89.9 Å². The van der Waals surface area contributed by atoms with Crippen LogP contribution in [0.2, 0.25) is 0 Å². The Balaban J connectivity index is 2.61. The van der Waals surface area contributed by atoms with Gasteiger partial charge < -0.3 is 4.74 Å². The first-order valence-corrected chi connectivity index (χ1v) is 4.74. The maximum atomic E-state index is 10.9. The molecule has 1 unspecified atom stereocenters. The Morgan fingerprint density at radius 1 is 1.33 bits per heavy atom. The zero-order chi connectivity index (χ0) is 11.1. The normalized spacial score (nSPS) is 11.5. The summed E-state index contributed by atoms with van der Waals surface area (Å²) in [6.45, 7) is 7.36. The summed E-state index contributed by atoms with van der Waals surface area (Å²) in [5.41, 5.74) is 1.09. The third-order valence-electron chi connectivity index (χ3n) is 2.08. The largest absolute Gasteiger partial charge is 0.462 e. The van der Waals surface area contributed by atoms with E-state index in [-0.39, 0.29) is 5.92 Å². The summed E-state index contributed by atoms with van der Waals surface area (Å²) in [5, 5.41) is 0. The van der Waals surface area contributed by atoms with Crippen molar-refractivity contribution in [1.29, 1.82) is 0 Å². The lowest BCUT2D eigenvalue weighted by Crippen LogP contribution is -2.09. The number of carbonyl (C=O) groups is 1. The summed E-state index contributed by atoms with van der Waals surface area (Å²) in [5.74, 6) is -0.368. The topological polar surface area (TPSA) is 26.3 Å². The van der Waals surface area contributed by atoms with Crippen LogP contribution in [0.5, 0.6) is 0 Å². The van der Waals surface area contributed by atoms with Crippen molar-refractivity contribution in [3.05, 3.63) is 61.2 Å². The maximum absolute atomic E-state index is 10.9. The van der Waals surface area contributed by atoms with Crippen LogP contribution in [-0.4, -0.2) is 12.6 Å². The minimum atomic E-state index is -0.405. The van der Waals surface area contributed by atoms with Crippen molar-refractivity contribution < 1.29 is 9.53 Å². The predicted octanol–water partition coefficient (Wildman–Crippen LogP) is 2.69. The molecule has 0 aromatic heterocycles.